The lowest BCUT2D eigenvalue weighted by molar-refractivity contribution is 0.0737. The summed E-state index contributed by atoms with van der Waals surface area (Å²) in [5.74, 6) is 1.47. The van der Waals surface area contributed by atoms with Crippen molar-refractivity contribution in [3.05, 3.63) is 11.6 Å². The van der Waals surface area contributed by atoms with Crippen molar-refractivity contribution >= 4 is 27.5 Å². The Morgan fingerprint density at radius 1 is 1.48 bits per heavy atom. The molecule has 1 amide bonds. The van der Waals surface area contributed by atoms with Gasteiger partial charge in [0.15, 0.2) is 9.84 Å². The summed E-state index contributed by atoms with van der Waals surface area (Å²) in [6.07, 6.45) is 1.61. The second kappa shape index (κ2) is 6.78. The summed E-state index contributed by atoms with van der Waals surface area (Å²) in [6.45, 7) is 4.02. The highest BCUT2D eigenvalue weighted by atomic mass is 32.2. The van der Waals surface area contributed by atoms with Gasteiger partial charge in [0.2, 0.25) is 5.82 Å². The average Bonchev–Trinajstić information content (AvgIpc) is 2.95. The predicted octanol–water partition coefficient (Wildman–Crippen LogP) is 0.707. The summed E-state index contributed by atoms with van der Waals surface area (Å²) in [6, 6.07) is 0. The zero-order valence-electron chi connectivity index (χ0n) is 12.2. The molecule has 2 rings (SSSR count). The SMILES string of the molecule is CCCc1nc(C(=O)N2CCSCC2S(=O)(=O)CC)n[nH]1. The zero-order chi connectivity index (χ0) is 15.5. The Morgan fingerprint density at radius 2 is 2.24 bits per heavy atom. The standard InChI is InChI=1S/C12H20N4O3S2/c1-3-5-9-13-11(15-14-9)12(17)16-6-7-20-8-10(16)21(18,19)4-2/h10H,3-8H2,1-2H3,(H,13,14,15). The number of carbonyl (C=O) groups is 1. The highest BCUT2D eigenvalue weighted by Gasteiger charge is 2.37. The minimum absolute atomic E-state index is 0.0249. The number of aryl methyl sites for hydroxylation is 1. The van der Waals surface area contributed by atoms with E-state index in [-0.39, 0.29) is 11.6 Å². The first-order chi connectivity index (χ1) is 9.99. The quantitative estimate of drug-likeness (QED) is 0.853. The number of hydrogen-bond donors (Lipinski definition) is 1. The monoisotopic (exact) mass is 332 g/mol. The number of aromatic nitrogens is 3. The van der Waals surface area contributed by atoms with Crippen LogP contribution in [0.4, 0.5) is 0 Å². The number of carbonyl (C=O) groups excluding carboxylic acids is 1. The van der Waals surface area contributed by atoms with Crippen molar-refractivity contribution in [1.29, 1.82) is 0 Å². The fraction of sp³-hybridized carbons (Fsp3) is 0.750. The highest BCUT2D eigenvalue weighted by molar-refractivity contribution is 8.01. The van der Waals surface area contributed by atoms with E-state index in [0.717, 1.165) is 12.2 Å². The maximum Gasteiger partial charge on any atom is 0.294 e. The Balaban J connectivity index is 2.22. The van der Waals surface area contributed by atoms with E-state index in [0.29, 0.717) is 24.5 Å². The van der Waals surface area contributed by atoms with Crippen molar-refractivity contribution < 1.29 is 13.2 Å². The maximum absolute atomic E-state index is 12.5. The molecule has 0 radical (unpaired) electrons. The van der Waals surface area contributed by atoms with E-state index in [1.165, 1.54) is 4.90 Å². The van der Waals surface area contributed by atoms with E-state index in [4.69, 9.17) is 0 Å². The minimum atomic E-state index is -3.31. The van der Waals surface area contributed by atoms with Crippen LogP contribution in [0.1, 0.15) is 36.7 Å². The van der Waals surface area contributed by atoms with Crippen LogP contribution in [0.25, 0.3) is 0 Å². The second-order valence-electron chi connectivity index (χ2n) is 4.84. The first-order valence-electron chi connectivity index (χ1n) is 7.01. The molecule has 118 valence electrons. The molecular formula is C12H20N4O3S2. The largest absolute Gasteiger partial charge is 0.317 e. The van der Waals surface area contributed by atoms with Gasteiger partial charge >= 0.3 is 0 Å². The van der Waals surface area contributed by atoms with Gasteiger partial charge in [-0.25, -0.2) is 13.4 Å². The molecular weight excluding hydrogens is 312 g/mol. The molecule has 0 aliphatic carbocycles. The number of amides is 1. The smallest absolute Gasteiger partial charge is 0.294 e. The highest BCUT2D eigenvalue weighted by Crippen LogP contribution is 2.22. The molecule has 1 saturated heterocycles. The molecule has 1 unspecified atom stereocenters. The molecule has 9 heteroatoms. The van der Waals surface area contributed by atoms with Gasteiger partial charge in [0, 0.05) is 30.2 Å². The van der Waals surface area contributed by atoms with E-state index in [2.05, 4.69) is 15.2 Å². The molecule has 0 spiro atoms. The minimum Gasteiger partial charge on any atom is -0.317 e. The Morgan fingerprint density at radius 3 is 2.90 bits per heavy atom. The Kier molecular flexibility index (Phi) is 5.26. The first-order valence-corrected chi connectivity index (χ1v) is 9.88. The number of nitrogens with one attached hydrogen (secondary N) is 1. The van der Waals surface area contributed by atoms with Crippen LogP contribution in [0, 0.1) is 0 Å². The number of nitrogens with zero attached hydrogens (tertiary/aromatic N) is 3. The van der Waals surface area contributed by atoms with Gasteiger partial charge in [-0.1, -0.05) is 13.8 Å². The summed E-state index contributed by atoms with van der Waals surface area (Å²) in [5.41, 5.74) is 0. The third-order valence-electron chi connectivity index (χ3n) is 3.37. The molecule has 0 saturated carbocycles. The van der Waals surface area contributed by atoms with E-state index >= 15 is 0 Å². The van der Waals surface area contributed by atoms with Crippen LogP contribution in [-0.4, -0.2) is 63.6 Å². The maximum atomic E-state index is 12.5. The average molecular weight is 332 g/mol. The van der Waals surface area contributed by atoms with Crippen LogP contribution in [0.2, 0.25) is 0 Å². The van der Waals surface area contributed by atoms with Crippen molar-refractivity contribution in [2.75, 3.05) is 23.8 Å². The van der Waals surface area contributed by atoms with Crippen LogP contribution < -0.4 is 0 Å². The van der Waals surface area contributed by atoms with E-state index in [1.807, 2.05) is 6.92 Å². The summed E-state index contributed by atoms with van der Waals surface area (Å²) in [5, 5.41) is 5.88. The van der Waals surface area contributed by atoms with Crippen molar-refractivity contribution in [3.63, 3.8) is 0 Å². The molecule has 0 aromatic carbocycles. The summed E-state index contributed by atoms with van der Waals surface area (Å²) in [4.78, 5) is 18.1. The van der Waals surface area contributed by atoms with E-state index < -0.39 is 21.1 Å². The number of hydrogen-bond acceptors (Lipinski definition) is 6. The summed E-state index contributed by atoms with van der Waals surface area (Å²) in [7, 11) is -3.31. The molecule has 0 bridgehead atoms. The molecule has 2 heterocycles. The topological polar surface area (TPSA) is 96.0 Å². The molecule has 7 nitrogen and oxygen atoms in total. The number of aromatic amines is 1. The number of thioether (sulfide) groups is 1. The fourth-order valence-electron chi connectivity index (χ4n) is 2.17. The van der Waals surface area contributed by atoms with E-state index in [9.17, 15) is 13.2 Å². The Labute approximate surface area is 128 Å². The van der Waals surface area contributed by atoms with Crippen LogP contribution in [0.3, 0.4) is 0 Å². The van der Waals surface area contributed by atoms with E-state index in [1.54, 1.807) is 18.7 Å². The van der Waals surface area contributed by atoms with Crippen molar-refractivity contribution in [3.8, 4) is 0 Å². The molecule has 21 heavy (non-hydrogen) atoms. The van der Waals surface area contributed by atoms with Gasteiger partial charge in [0.25, 0.3) is 5.91 Å². The lowest BCUT2D eigenvalue weighted by Gasteiger charge is -2.33. The number of H-pyrrole nitrogens is 1. The third kappa shape index (κ3) is 3.57. The van der Waals surface area contributed by atoms with Crippen molar-refractivity contribution in [2.24, 2.45) is 0 Å². The molecule has 1 aliphatic rings. The molecule has 1 N–H and O–H groups in total. The zero-order valence-corrected chi connectivity index (χ0v) is 13.8. The van der Waals surface area contributed by atoms with Gasteiger partial charge in [0.1, 0.15) is 11.2 Å². The summed E-state index contributed by atoms with van der Waals surface area (Å²) >= 11 is 1.55. The second-order valence-corrected chi connectivity index (χ2v) is 8.43. The van der Waals surface area contributed by atoms with Crippen LogP contribution >= 0.6 is 11.8 Å². The first kappa shape index (κ1) is 16.3. The molecule has 1 aromatic rings. The molecule has 1 aliphatic heterocycles. The normalized spacial score (nSPS) is 19.7. The molecule has 1 atom stereocenters. The van der Waals surface area contributed by atoms with Gasteiger partial charge in [-0.2, -0.15) is 11.8 Å². The Bertz CT molecular complexity index is 599. The Hall–Kier alpha value is -1.09. The van der Waals surface area contributed by atoms with Crippen LogP contribution in [0.15, 0.2) is 0 Å². The van der Waals surface area contributed by atoms with Gasteiger partial charge < -0.3 is 4.90 Å². The van der Waals surface area contributed by atoms with Gasteiger partial charge in [-0.3, -0.25) is 9.89 Å². The number of sulfone groups is 1. The fourth-order valence-corrected chi connectivity index (χ4v) is 5.14. The van der Waals surface area contributed by atoms with Gasteiger partial charge in [0.05, 0.1) is 0 Å². The van der Waals surface area contributed by atoms with Crippen molar-refractivity contribution in [2.45, 2.75) is 32.1 Å². The molecule has 1 fully saturated rings. The third-order valence-corrected chi connectivity index (χ3v) is 6.66. The van der Waals surface area contributed by atoms with Gasteiger partial charge in [-0.05, 0) is 6.42 Å². The molecule has 1 aromatic heterocycles. The summed E-state index contributed by atoms with van der Waals surface area (Å²) < 4.78 is 24.3. The van der Waals surface area contributed by atoms with Crippen LogP contribution in [0.5, 0.6) is 0 Å². The van der Waals surface area contributed by atoms with Gasteiger partial charge in [-0.15, -0.1) is 5.10 Å². The number of rotatable bonds is 5. The lowest BCUT2D eigenvalue weighted by Crippen LogP contribution is -2.50. The van der Waals surface area contributed by atoms with Crippen LogP contribution in [-0.2, 0) is 16.3 Å². The van der Waals surface area contributed by atoms with Crippen molar-refractivity contribution in [1.82, 2.24) is 20.1 Å². The predicted molar refractivity (Wildman–Crippen MR) is 82.0 cm³/mol. The lowest BCUT2D eigenvalue weighted by atomic mass is 10.3.